The fraction of sp³-hybridized carbons (Fsp3) is 0.429. The maximum Gasteiger partial charge on any atom is 0.0335 e. The summed E-state index contributed by atoms with van der Waals surface area (Å²) in [6.07, 6.45) is 1.90. The van der Waals surface area contributed by atoms with Gasteiger partial charge >= 0.3 is 0 Å². The summed E-state index contributed by atoms with van der Waals surface area (Å²) in [4.78, 5) is 0. The highest BCUT2D eigenvalue weighted by atomic mass is 14.6. The van der Waals surface area contributed by atoms with Crippen molar-refractivity contribution in [1.29, 1.82) is 0 Å². The molecule has 82 valence electrons. The topological polar surface area (TPSA) is 26.0 Å². The Morgan fingerprint density at radius 2 is 2.07 bits per heavy atom. The predicted molar refractivity (Wildman–Crippen MR) is 66.9 cm³/mol. The van der Waals surface area contributed by atoms with Gasteiger partial charge in [0, 0.05) is 6.04 Å². The van der Waals surface area contributed by atoms with E-state index in [0.717, 1.165) is 12.8 Å². The van der Waals surface area contributed by atoms with Crippen LogP contribution in [0.3, 0.4) is 0 Å². The molecule has 1 heteroatoms. The van der Waals surface area contributed by atoms with E-state index >= 15 is 0 Å². The first kappa shape index (κ1) is 12.0. The molecule has 0 heterocycles. The van der Waals surface area contributed by atoms with Crippen LogP contribution in [-0.4, -0.2) is 0 Å². The number of rotatable bonds is 4. The standard InChI is InChI=1S/C14H21N/c1-5-10(2)9-14(15)13-8-11(3)6-7-12(13)4/h6-8,14H,2,5,9,15H2,1,3-4H3. The van der Waals surface area contributed by atoms with Gasteiger partial charge in [0.25, 0.3) is 0 Å². The summed E-state index contributed by atoms with van der Waals surface area (Å²) in [7, 11) is 0. The Kier molecular flexibility index (Phi) is 4.10. The zero-order chi connectivity index (χ0) is 11.4. The first-order valence-corrected chi connectivity index (χ1v) is 5.54. The summed E-state index contributed by atoms with van der Waals surface area (Å²) in [5, 5.41) is 0. The molecule has 0 amide bonds. The molecule has 0 aliphatic carbocycles. The quantitative estimate of drug-likeness (QED) is 0.742. The van der Waals surface area contributed by atoms with E-state index in [4.69, 9.17) is 5.73 Å². The van der Waals surface area contributed by atoms with Crippen LogP contribution < -0.4 is 5.73 Å². The van der Waals surface area contributed by atoms with Crippen LogP contribution in [0.1, 0.15) is 42.5 Å². The molecular formula is C14H21N. The number of benzene rings is 1. The van der Waals surface area contributed by atoms with Gasteiger partial charge in [-0.25, -0.2) is 0 Å². The Hall–Kier alpha value is -1.08. The molecule has 15 heavy (non-hydrogen) atoms. The summed E-state index contributed by atoms with van der Waals surface area (Å²) in [6.45, 7) is 10.3. The van der Waals surface area contributed by atoms with Crippen molar-refractivity contribution in [3.05, 3.63) is 47.0 Å². The second kappa shape index (κ2) is 5.13. The van der Waals surface area contributed by atoms with Crippen molar-refractivity contribution < 1.29 is 0 Å². The molecule has 1 rings (SSSR count). The van der Waals surface area contributed by atoms with Crippen molar-refractivity contribution in [3.8, 4) is 0 Å². The van der Waals surface area contributed by atoms with E-state index in [9.17, 15) is 0 Å². The Morgan fingerprint density at radius 1 is 1.40 bits per heavy atom. The fourth-order valence-electron chi connectivity index (χ4n) is 1.72. The number of aryl methyl sites for hydroxylation is 2. The second-order valence-electron chi connectivity index (χ2n) is 4.27. The van der Waals surface area contributed by atoms with Crippen LogP contribution in [0.25, 0.3) is 0 Å². The lowest BCUT2D eigenvalue weighted by molar-refractivity contribution is 0.696. The zero-order valence-electron chi connectivity index (χ0n) is 10.0. The average Bonchev–Trinajstić information content (AvgIpc) is 2.21. The van der Waals surface area contributed by atoms with Crippen molar-refractivity contribution >= 4 is 0 Å². The molecule has 0 radical (unpaired) electrons. The van der Waals surface area contributed by atoms with Crippen LogP contribution >= 0.6 is 0 Å². The van der Waals surface area contributed by atoms with Gasteiger partial charge in [-0.05, 0) is 37.8 Å². The predicted octanol–water partition coefficient (Wildman–Crippen LogP) is 3.66. The van der Waals surface area contributed by atoms with E-state index in [1.165, 1.54) is 22.3 Å². The first-order valence-electron chi connectivity index (χ1n) is 5.54. The molecule has 2 N–H and O–H groups in total. The molecule has 0 bridgehead atoms. The molecule has 0 aliphatic rings. The molecule has 0 aromatic heterocycles. The SMILES string of the molecule is C=C(CC)CC(N)c1cc(C)ccc1C. The molecule has 1 aromatic rings. The maximum absolute atomic E-state index is 6.18. The molecular weight excluding hydrogens is 182 g/mol. The first-order chi connectivity index (χ1) is 7.04. The van der Waals surface area contributed by atoms with Gasteiger partial charge in [0.15, 0.2) is 0 Å². The van der Waals surface area contributed by atoms with Gasteiger partial charge in [-0.2, -0.15) is 0 Å². The minimum absolute atomic E-state index is 0.0948. The third-order valence-electron chi connectivity index (χ3n) is 2.84. The van der Waals surface area contributed by atoms with Crippen LogP contribution in [0.4, 0.5) is 0 Å². The van der Waals surface area contributed by atoms with Gasteiger partial charge in [0.1, 0.15) is 0 Å². The monoisotopic (exact) mass is 203 g/mol. The molecule has 0 saturated heterocycles. The third kappa shape index (κ3) is 3.21. The Labute approximate surface area is 93.0 Å². The normalized spacial score (nSPS) is 12.5. The van der Waals surface area contributed by atoms with Gasteiger partial charge in [-0.1, -0.05) is 42.8 Å². The Balaban J connectivity index is 2.85. The Bertz CT molecular complexity index is 352. The third-order valence-corrected chi connectivity index (χ3v) is 2.84. The minimum atomic E-state index is 0.0948. The van der Waals surface area contributed by atoms with Crippen LogP contribution in [0, 0.1) is 13.8 Å². The van der Waals surface area contributed by atoms with E-state index in [2.05, 4.69) is 45.5 Å². The number of nitrogens with two attached hydrogens (primary N) is 1. The van der Waals surface area contributed by atoms with Crippen molar-refractivity contribution in [3.63, 3.8) is 0 Å². The largest absolute Gasteiger partial charge is 0.324 e. The lowest BCUT2D eigenvalue weighted by atomic mass is 9.94. The van der Waals surface area contributed by atoms with Crippen LogP contribution in [0.15, 0.2) is 30.4 Å². The van der Waals surface area contributed by atoms with Crippen molar-refractivity contribution in [1.82, 2.24) is 0 Å². The molecule has 0 saturated carbocycles. The fourth-order valence-corrected chi connectivity index (χ4v) is 1.72. The lowest BCUT2D eigenvalue weighted by Gasteiger charge is -2.16. The summed E-state index contributed by atoms with van der Waals surface area (Å²) < 4.78 is 0. The highest BCUT2D eigenvalue weighted by Crippen LogP contribution is 2.23. The number of hydrogen-bond acceptors (Lipinski definition) is 1. The van der Waals surface area contributed by atoms with E-state index in [-0.39, 0.29) is 6.04 Å². The summed E-state index contributed by atoms with van der Waals surface area (Å²) in [5.74, 6) is 0. The summed E-state index contributed by atoms with van der Waals surface area (Å²) >= 11 is 0. The van der Waals surface area contributed by atoms with Crippen LogP contribution in [0.2, 0.25) is 0 Å². The molecule has 1 aromatic carbocycles. The van der Waals surface area contributed by atoms with Gasteiger partial charge in [-0.3, -0.25) is 0 Å². The van der Waals surface area contributed by atoms with Crippen molar-refractivity contribution in [2.45, 2.75) is 39.7 Å². The van der Waals surface area contributed by atoms with Crippen molar-refractivity contribution in [2.75, 3.05) is 0 Å². The Morgan fingerprint density at radius 3 is 2.67 bits per heavy atom. The summed E-state index contributed by atoms with van der Waals surface area (Å²) in [6, 6.07) is 6.54. The molecule has 1 unspecified atom stereocenters. The van der Waals surface area contributed by atoms with Crippen LogP contribution in [-0.2, 0) is 0 Å². The number of hydrogen-bond donors (Lipinski definition) is 1. The maximum atomic E-state index is 6.18. The van der Waals surface area contributed by atoms with Crippen LogP contribution in [0.5, 0.6) is 0 Å². The van der Waals surface area contributed by atoms with Gasteiger partial charge in [0.2, 0.25) is 0 Å². The van der Waals surface area contributed by atoms with Gasteiger partial charge in [-0.15, -0.1) is 0 Å². The van der Waals surface area contributed by atoms with E-state index in [1.54, 1.807) is 0 Å². The molecule has 0 aliphatic heterocycles. The average molecular weight is 203 g/mol. The molecule has 1 nitrogen and oxygen atoms in total. The highest BCUT2D eigenvalue weighted by Gasteiger charge is 2.09. The molecule has 0 spiro atoms. The lowest BCUT2D eigenvalue weighted by Crippen LogP contribution is -2.12. The van der Waals surface area contributed by atoms with Gasteiger partial charge < -0.3 is 5.73 Å². The highest BCUT2D eigenvalue weighted by molar-refractivity contribution is 5.33. The molecule has 1 atom stereocenters. The van der Waals surface area contributed by atoms with Gasteiger partial charge in [0.05, 0.1) is 0 Å². The second-order valence-corrected chi connectivity index (χ2v) is 4.27. The smallest absolute Gasteiger partial charge is 0.0335 e. The van der Waals surface area contributed by atoms with E-state index < -0.39 is 0 Å². The zero-order valence-corrected chi connectivity index (χ0v) is 10.0. The van der Waals surface area contributed by atoms with E-state index in [0.29, 0.717) is 0 Å². The van der Waals surface area contributed by atoms with Crippen molar-refractivity contribution in [2.24, 2.45) is 5.73 Å². The van der Waals surface area contributed by atoms with E-state index in [1.807, 2.05) is 0 Å². The molecule has 0 fully saturated rings. The summed E-state index contributed by atoms with van der Waals surface area (Å²) in [5.41, 5.74) is 11.2. The minimum Gasteiger partial charge on any atom is -0.324 e.